The summed E-state index contributed by atoms with van der Waals surface area (Å²) in [5.41, 5.74) is 4.16. The monoisotopic (exact) mass is 466 g/mol. The smallest absolute Gasteiger partial charge is 0.255 e. The van der Waals surface area contributed by atoms with E-state index in [1.54, 1.807) is 24.4 Å². The Balaban J connectivity index is 1.26. The van der Waals surface area contributed by atoms with E-state index in [0.717, 1.165) is 39.0 Å². The fraction of sp³-hybridized carbons (Fsp3) is 0.185. The minimum Gasteiger partial charge on any atom is -0.497 e. The van der Waals surface area contributed by atoms with Crippen molar-refractivity contribution < 1.29 is 19.1 Å². The molecule has 8 heteroatoms. The molecule has 35 heavy (non-hydrogen) atoms. The predicted molar refractivity (Wildman–Crippen MR) is 129 cm³/mol. The van der Waals surface area contributed by atoms with Crippen LogP contribution in [0.25, 0.3) is 27.7 Å². The lowest BCUT2D eigenvalue weighted by Gasteiger charge is -2.29. The standard InChI is InChI=1S/C27H22N4O4/c1-35-21-6-4-16-10-18(3-2-17(16)12-21)23-14-30(15-28-23)20-5-7-22-19(11-20)13-31(27(22)34)24-8-9-25(32)29-26(24)33/h2-7,10-12,14-15,24H,8-9,13H2,1H3,(H,29,32,33). The Morgan fingerprint density at radius 3 is 2.66 bits per heavy atom. The van der Waals surface area contributed by atoms with E-state index in [9.17, 15) is 14.4 Å². The van der Waals surface area contributed by atoms with Gasteiger partial charge in [-0.3, -0.25) is 19.7 Å². The van der Waals surface area contributed by atoms with Crippen LogP contribution >= 0.6 is 0 Å². The summed E-state index contributed by atoms with van der Waals surface area (Å²) in [6.07, 6.45) is 4.30. The number of benzene rings is 3. The molecule has 1 unspecified atom stereocenters. The third-order valence-electron chi connectivity index (χ3n) is 6.73. The van der Waals surface area contributed by atoms with Crippen LogP contribution in [0.5, 0.6) is 5.75 Å². The third-order valence-corrected chi connectivity index (χ3v) is 6.73. The second-order valence-corrected chi connectivity index (χ2v) is 8.84. The molecule has 0 spiro atoms. The van der Waals surface area contributed by atoms with Crippen molar-refractivity contribution in [3.05, 3.63) is 78.2 Å². The molecule has 1 atom stereocenters. The highest BCUT2D eigenvalue weighted by molar-refractivity contribution is 6.05. The van der Waals surface area contributed by atoms with Crippen LogP contribution in [-0.2, 0) is 16.1 Å². The van der Waals surface area contributed by atoms with Gasteiger partial charge in [0.05, 0.1) is 19.1 Å². The van der Waals surface area contributed by atoms with Crippen LogP contribution in [0, 0.1) is 0 Å². The van der Waals surface area contributed by atoms with Gasteiger partial charge in [0.15, 0.2) is 0 Å². The summed E-state index contributed by atoms with van der Waals surface area (Å²) >= 11 is 0. The number of rotatable bonds is 4. The van der Waals surface area contributed by atoms with E-state index < -0.39 is 11.9 Å². The Hall–Kier alpha value is -4.46. The van der Waals surface area contributed by atoms with Crippen molar-refractivity contribution in [3.8, 4) is 22.7 Å². The zero-order chi connectivity index (χ0) is 24.1. The van der Waals surface area contributed by atoms with Crippen molar-refractivity contribution >= 4 is 28.5 Å². The Morgan fingerprint density at radius 2 is 1.83 bits per heavy atom. The number of ether oxygens (including phenoxy) is 1. The molecular weight excluding hydrogens is 444 g/mol. The predicted octanol–water partition coefficient (Wildman–Crippen LogP) is 3.46. The molecule has 2 aliphatic rings. The second kappa shape index (κ2) is 8.09. The van der Waals surface area contributed by atoms with Crippen LogP contribution < -0.4 is 10.1 Å². The Labute approximate surface area is 201 Å². The lowest BCUT2D eigenvalue weighted by atomic mass is 10.0. The van der Waals surface area contributed by atoms with Gasteiger partial charge in [0.2, 0.25) is 11.8 Å². The first-order chi connectivity index (χ1) is 17.0. The number of amides is 3. The number of aromatic nitrogens is 2. The third kappa shape index (κ3) is 3.63. The Morgan fingerprint density at radius 1 is 1.00 bits per heavy atom. The van der Waals surface area contributed by atoms with Crippen molar-refractivity contribution in [1.82, 2.24) is 19.8 Å². The lowest BCUT2D eigenvalue weighted by molar-refractivity contribution is -0.136. The number of carbonyl (C=O) groups excluding carboxylic acids is 3. The van der Waals surface area contributed by atoms with Gasteiger partial charge in [0.1, 0.15) is 11.8 Å². The van der Waals surface area contributed by atoms with E-state index in [1.807, 2.05) is 47.2 Å². The van der Waals surface area contributed by atoms with Gasteiger partial charge < -0.3 is 14.2 Å². The summed E-state index contributed by atoms with van der Waals surface area (Å²) in [6.45, 7) is 0.337. The van der Waals surface area contributed by atoms with E-state index in [-0.39, 0.29) is 18.2 Å². The van der Waals surface area contributed by atoms with E-state index in [2.05, 4.69) is 22.4 Å². The number of hydrogen-bond acceptors (Lipinski definition) is 5. The van der Waals surface area contributed by atoms with Crippen LogP contribution in [0.4, 0.5) is 0 Å². The molecule has 3 aromatic carbocycles. The topological polar surface area (TPSA) is 93.5 Å². The molecule has 3 amide bonds. The highest BCUT2D eigenvalue weighted by atomic mass is 16.5. The highest BCUT2D eigenvalue weighted by Crippen LogP contribution is 2.30. The van der Waals surface area contributed by atoms with Crippen molar-refractivity contribution in [3.63, 3.8) is 0 Å². The minimum atomic E-state index is -0.622. The summed E-state index contributed by atoms with van der Waals surface area (Å²) in [7, 11) is 1.66. The minimum absolute atomic E-state index is 0.180. The SMILES string of the molecule is COc1ccc2cc(-c3cn(-c4ccc5c(c4)CN(C4CCC(=O)NC4=O)C5=O)cn3)ccc2c1. The van der Waals surface area contributed by atoms with Gasteiger partial charge in [-0.2, -0.15) is 0 Å². The summed E-state index contributed by atoms with van der Waals surface area (Å²) in [5, 5.41) is 4.53. The molecule has 6 rings (SSSR count). The second-order valence-electron chi connectivity index (χ2n) is 8.84. The van der Waals surface area contributed by atoms with Crippen molar-refractivity contribution in [2.24, 2.45) is 0 Å². The molecule has 1 N–H and O–H groups in total. The number of fused-ring (bicyclic) bond motifs is 2. The molecule has 4 aromatic rings. The largest absolute Gasteiger partial charge is 0.497 e. The number of nitrogens with zero attached hydrogens (tertiary/aromatic N) is 3. The van der Waals surface area contributed by atoms with Gasteiger partial charge in [-0.25, -0.2) is 4.98 Å². The fourth-order valence-electron chi connectivity index (χ4n) is 4.84. The number of carbonyl (C=O) groups is 3. The molecule has 1 aromatic heterocycles. The molecule has 0 radical (unpaired) electrons. The van der Waals surface area contributed by atoms with Gasteiger partial charge in [-0.15, -0.1) is 0 Å². The number of imidazole rings is 1. The number of methoxy groups -OCH3 is 1. The van der Waals surface area contributed by atoms with Crippen molar-refractivity contribution in [2.75, 3.05) is 7.11 Å². The molecule has 2 aliphatic heterocycles. The maximum absolute atomic E-state index is 12.9. The van der Waals surface area contributed by atoms with Gasteiger partial charge in [0, 0.05) is 36.0 Å². The lowest BCUT2D eigenvalue weighted by Crippen LogP contribution is -2.52. The highest BCUT2D eigenvalue weighted by Gasteiger charge is 2.39. The van der Waals surface area contributed by atoms with E-state index in [4.69, 9.17) is 4.74 Å². The van der Waals surface area contributed by atoms with Gasteiger partial charge in [-0.05, 0) is 59.2 Å². The molecule has 174 valence electrons. The van der Waals surface area contributed by atoms with Crippen molar-refractivity contribution in [1.29, 1.82) is 0 Å². The number of piperidine rings is 1. The summed E-state index contributed by atoms with van der Waals surface area (Å²) in [5.74, 6) is -0.0589. The first-order valence-electron chi connectivity index (χ1n) is 11.4. The molecule has 1 saturated heterocycles. The first-order valence-corrected chi connectivity index (χ1v) is 11.4. The van der Waals surface area contributed by atoms with Gasteiger partial charge in [-0.1, -0.05) is 18.2 Å². The maximum atomic E-state index is 12.9. The summed E-state index contributed by atoms with van der Waals surface area (Å²) in [4.78, 5) is 42.9. The number of nitrogens with one attached hydrogen (secondary N) is 1. The molecule has 0 aliphatic carbocycles. The summed E-state index contributed by atoms with van der Waals surface area (Å²) in [6, 6.07) is 17.2. The van der Waals surface area contributed by atoms with E-state index in [0.29, 0.717) is 18.5 Å². The van der Waals surface area contributed by atoms with Crippen LogP contribution in [0.2, 0.25) is 0 Å². The van der Waals surface area contributed by atoms with Crippen LogP contribution in [0.1, 0.15) is 28.8 Å². The van der Waals surface area contributed by atoms with Crippen molar-refractivity contribution in [2.45, 2.75) is 25.4 Å². The number of hydrogen-bond donors (Lipinski definition) is 1. The van der Waals surface area contributed by atoms with Crippen LogP contribution in [-0.4, -0.2) is 45.3 Å². The number of imide groups is 1. The Bertz CT molecular complexity index is 1520. The quantitative estimate of drug-likeness (QED) is 0.465. The molecule has 1 fully saturated rings. The molecule has 3 heterocycles. The van der Waals surface area contributed by atoms with E-state index in [1.165, 1.54) is 0 Å². The fourth-order valence-corrected chi connectivity index (χ4v) is 4.84. The van der Waals surface area contributed by atoms with Crippen LogP contribution in [0.3, 0.4) is 0 Å². The zero-order valence-electron chi connectivity index (χ0n) is 19.0. The maximum Gasteiger partial charge on any atom is 0.255 e. The average molecular weight is 466 g/mol. The molecular formula is C27H22N4O4. The zero-order valence-corrected chi connectivity index (χ0v) is 19.0. The Kier molecular flexibility index (Phi) is 4.88. The molecule has 8 nitrogen and oxygen atoms in total. The summed E-state index contributed by atoms with van der Waals surface area (Å²) < 4.78 is 7.23. The van der Waals surface area contributed by atoms with Crippen LogP contribution in [0.15, 0.2) is 67.1 Å². The van der Waals surface area contributed by atoms with E-state index >= 15 is 0 Å². The first kappa shape index (κ1) is 21.1. The normalized spacial score (nSPS) is 17.6. The van der Waals surface area contributed by atoms with Gasteiger partial charge >= 0.3 is 0 Å². The average Bonchev–Trinajstić information content (AvgIpc) is 3.48. The molecule has 0 saturated carbocycles. The van der Waals surface area contributed by atoms with Gasteiger partial charge in [0.25, 0.3) is 5.91 Å². The molecule has 0 bridgehead atoms.